The summed E-state index contributed by atoms with van der Waals surface area (Å²) in [5.74, 6) is 0. The number of aryl methyl sites for hydroxylation is 1. The highest BCUT2D eigenvalue weighted by atomic mass is 32.1. The maximum atomic E-state index is 2.36. The fraction of sp³-hybridized carbons (Fsp3) is 0.0256. The predicted octanol–water partition coefficient (Wildman–Crippen LogP) is 11.7. The minimum atomic E-state index is 1.24. The van der Waals surface area contributed by atoms with Gasteiger partial charge in [0.1, 0.15) is 0 Å². The summed E-state index contributed by atoms with van der Waals surface area (Å²) in [6, 6.07) is 51.1. The Bertz CT molecular complexity index is 2230. The molecule has 0 fully saturated rings. The number of hydrogen-bond donors (Lipinski definition) is 0. The largest absolute Gasteiger partial charge is 0.135 e. The summed E-state index contributed by atoms with van der Waals surface area (Å²) >= 11 is 1.89. The molecule has 0 aliphatic heterocycles. The zero-order chi connectivity index (χ0) is 26.6. The van der Waals surface area contributed by atoms with Gasteiger partial charge in [-0.3, -0.25) is 0 Å². The molecule has 40 heavy (non-hydrogen) atoms. The second-order valence-corrected chi connectivity index (χ2v) is 11.6. The van der Waals surface area contributed by atoms with Crippen molar-refractivity contribution in [3.8, 4) is 33.4 Å². The van der Waals surface area contributed by atoms with E-state index in [0.717, 1.165) is 0 Å². The predicted molar refractivity (Wildman–Crippen MR) is 175 cm³/mol. The van der Waals surface area contributed by atoms with Gasteiger partial charge in [0.05, 0.1) is 0 Å². The number of benzene rings is 7. The van der Waals surface area contributed by atoms with Crippen LogP contribution in [0.25, 0.3) is 75.1 Å². The van der Waals surface area contributed by atoms with E-state index in [9.17, 15) is 0 Å². The Morgan fingerprint density at radius 1 is 0.400 bits per heavy atom. The normalized spacial score (nSPS) is 11.6. The molecule has 8 rings (SSSR count). The Morgan fingerprint density at radius 3 is 1.70 bits per heavy atom. The molecule has 1 aromatic heterocycles. The maximum Gasteiger partial charge on any atom is 0.0433 e. The van der Waals surface area contributed by atoms with E-state index < -0.39 is 0 Å². The topological polar surface area (TPSA) is 0 Å². The molecule has 7 aromatic carbocycles. The summed E-state index contributed by atoms with van der Waals surface area (Å²) in [5.41, 5.74) is 8.94. The molecule has 0 spiro atoms. The van der Waals surface area contributed by atoms with E-state index in [1.165, 1.54) is 80.7 Å². The van der Waals surface area contributed by atoms with Crippen LogP contribution in [0.1, 0.15) is 5.56 Å². The van der Waals surface area contributed by atoms with Gasteiger partial charge in [0, 0.05) is 20.2 Å². The lowest BCUT2D eigenvalue weighted by Gasteiger charge is -2.16. The van der Waals surface area contributed by atoms with Crippen LogP contribution in [0.15, 0.2) is 140 Å². The second kappa shape index (κ2) is 9.19. The van der Waals surface area contributed by atoms with E-state index in [2.05, 4.69) is 146 Å². The van der Waals surface area contributed by atoms with Crippen LogP contribution >= 0.6 is 11.3 Å². The molecule has 8 aromatic rings. The van der Waals surface area contributed by atoms with Crippen molar-refractivity contribution in [3.63, 3.8) is 0 Å². The quantitative estimate of drug-likeness (QED) is 0.201. The summed E-state index contributed by atoms with van der Waals surface area (Å²) in [5, 5.41) is 7.93. The van der Waals surface area contributed by atoms with Gasteiger partial charge in [-0.25, -0.2) is 0 Å². The van der Waals surface area contributed by atoms with Gasteiger partial charge in [0.25, 0.3) is 0 Å². The molecule has 0 aliphatic carbocycles. The molecular weight excluding hydrogens is 500 g/mol. The Balaban J connectivity index is 1.29. The molecule has 0 saturated heterocycles. The van der Waals surface area contributed by atoms with Crippen LogP contribution in [0.5, 0.6) is 0 Å². The minimum Gasteiger partial charge on any atom is -0.135 e. The van der Waals surface area contributed by atoms with Gasteiger partial charge in [0.2, 0.25) is 0 Å². The van der Waals surface area contributed by atoms with Crippen LogP contribution in [0.2, 0.25) is 0 Å². The molecule has 0 saturated carbocycles. The van der Waals surface area contributed by atoms with Crippen molar-refractivity contribution in [3.05, 3.63) is 145 Å². The molecule has 0 atom stereocenters. The SMILES string of the molecule is Cc1c(-c2cccc(-c3cccc(-c4cccc5c4sc4ccccc45)c3)c2)c2ccccc2c2ccccc12. The second-order valence-electron chi connectivity index (χ2n) is 10.5. The smallest absolute Gasteiger partial charge is 0.0433 e. The van der Waals surface area contributed by atoms with Gasteiger partial charge in [-0.2, -0.15) is 0 Å². The van der Waals surface area contributed by atoms with Gasteiger partial charge in [-0.15, -0.1) is 11.3 Å². The molecule has 0 unspecified atom stereocenters. The summed E-state index contributed by atoms with van der Waals surface area (Å²) in [6.07, 6.45) is 0. The third-order valence-corrected chi connectivity index (χ3v) is 9.47. The molecular formula is C39H26S. The van der Waals surface area contributed by atoms with Gasteiger partial charge >= 0.3 is 0 Å². The molecule has 0 radical (unpaired) electrons. The number of hydrogen-bond acceptors (Lipinski definition) is 1. The summed E-state index contributed by atoms with van der Waals surface area (Å²) in [6.45, 7) is 2.27. The van der Waals surface area contributed by atoms with Gasteiger partial charge < -0.3 is 0 Å². The summed E-state index contributed by atoms with van der Waals surface area (Å²) in [4.78, 5) is 0. The number of fused-ring (bicyclic) bond motifs is 6. The van der Waals surface area contributed by atoms with E-state index in [-0.39, 0.29) is 0 Å². The third-order valence-electron chi connectivity index (χ3n) is 8.26. The van der Waals surface area contributed by atoms with Gasteiger partial charge in [0.15, 0.2) is 0 Å². The summed E-state index contributed by atoms with van der Waals surface area (Å²) in [7, 11) is 0. The molecule has 0 bridgehead atoms. The maximum absolute atomic E-state index is 2.36. The fourth-order valence-electron chi connectivity index (χ4n) is 6.38. The van der Waals surface area contributed by atoms with E-state index in [1.807, 2.05) is 11.3 Å². The Hall–Kier alpha value is -4.72. The Morgan fingerprint density at radius 2 is 0.925 bits per heavy atom. The molecule has 0 N–H and O–H groups in total. The first-order chi connectivity index (χ1) is 19.8. The van der Waals surface area contributed by atoms with E-state index in [0.29, 0.717) is 0 Å². The lowest BCUT2D eigenvalue weighted by molar-refractivity contribution is 1.52. The molecule has 188 valence electrons. The van der Waals surface area contributed by atoms with E-state index in [1.54, 1.807) is 0 Å². The van der Waals surface area contributed by atoms with Crippen molar-refractivity contribution < 1.29 is 0 Å². The number of rotatable bonds is 3. The third kappa shape index (κ3) is 3.59. The molecule has 0 amide bonds. The van der Waals surface area contributed by atoms with Crippen LogP contribution < -0.4 is 0 Å². The highest BCUT2D eigenvalue weighted by molar-refractivity contribution is 7.26. The lowest BCUT2D eigenvalue weighted by atomic mass is 9.87. The first-order valence-corrected chi connectivity index (χ1v) is 14.6. The zero-order valence-corrected chi connectivity index (χ0v) is 23.0. The van der Waals surface area contributed by atoms with Crippen molar-refractivity contribution >= 4 is 53.1 Å². The van der Waals surface area contributed by atoms with E-state index in [4.69, 9.17) is 0 Å². The Kier molecular flexibility index (Phi) is 5.33. The first kappa shape index (κ1) is 23.2. The highest BCUT2D eigenvalue weighted by Crippen LogP contribution is 2.42. The molecule has 0 aliphatic rings. The van der Waals surface area contributed by atoms with Crippen LogP contribution in [-0.4, -0.2) is 0 Å². The molecule has 1 heterocycles. The Labute approximate surface area is 237 Å². The van der Waals surface area contributed by atoms with Crippen molar-refractivity contribution in [1.82, 2.24) is 0 Å². The van der Waals surface area contributed by atoms with Gasteiger partial charge in [-0.1, -0.05) is 121 Å². The number of thiophene rings is 1. The summed E-state index contributed by atoms with van der Waals surface area (Å²) < 4.78 is 2.69. The minimum absolute atomic E-state index is 1.24. The van der Waals surface area contributed by atoms with Crippen LogP contribution in [-0.2, 0) is 0 Å². The monoisotopic (exact) mass is 526 g/mol. The lowest BCUT2D eigenvalue weighted by Crippen LogP contribution is -1.90. The average molecular weight is 527 g/mol. The van der Waals surface area contributed by atoms with Crippen molar-refractivity contribution in [1.29, 1.82) is 0 Å². The average Bonchev–Trinajstić information content (AvgIpc) is 3.41. The molecule has 1 heteroatoms. The van der Waals surface area contributed by atoms with Gasteiger partial charge in [-0.05, 0) is 85.6 Å². The van der Waals surface area contributed by atoms with Crippen molar-refractivity contribution in [2.45, 2.75) is 6.92 Å². The van der Waals surface area contributed by atoms with Crippen LogP contribution in [0, 0.1) is 6.92 Å². The zero-order valence-electron chi connectivity index (χ0n) is 22.2. The standard InChI is InChI=1S/C39H26S/c1-25-30-15-2-3-16-32(30)33-17-4-5-19-35(33)38(25)29-14-9-12-27(24-29)26-11-8-13-28(23-26)31-20-10-21-36-34-18-6-7-22-37(34)40-39(31)36/h2-24H,1H3. The highest BCUT2D eigenvalue weighted by Gasteiger charge is 2.14. The van der Waals surface area contributed by atoms with Crippen molar-refractivity contribution in [2.75, 3.05) is 0 Å². The van der Waals surface area contributed by atoms with Crippen molar-refractivity contribution in [2.24, 2.45) is 0 Å². The van der Waals surface area contributed by atoms with Crippen LogP contribution in [0.4, 0.5) is 0 Å². The van der Waals surface area contributed by atoms with E-state index >= 15 is 0 Å². The molecule has 0 nitrogen and oxygen atoms in total. The van der Waals surface area contributed by atoms with Crippen LogP contribution in [0.3, 0.4) is 0 Å². The first-order valence-electron chi connectivity index (χ1n) is 13.8. The fourth-order valence-corrected chi connectivity index (χ4v) is 7.62.